The van der Waals surface area contributed by atoms with Crippen molar-refractivity contribution >= 4 is 5.69 Å². The predicted molar refractivity (Wildman–Crippen MR) is 141 cm³/mol. The highest BCUT2D eigenvalue weighted by Gasteiger charge is 2.29. The van der Waals surface area contributed by atoms with Gasteiger partial charge in [0.15, 0.2) is 18.1 Å². The molecule has 2 aromatic carbocycles. The van der Waals surface area contributed by atoms with Crippen LogP contribution < -0.4 is 14.0 Å². The van der Waals surface area contributed by atoms with Gasteiger partial charge in [-0.1, -0.05) is 35.4 Å². The van der Waals surface area contributed by atoms with Gasteiger partial charge in [0.1, 0.15) is 11.4 Å². The summed E-state index contributed by atoms with van der Waals surface area (Å²) in [4.78, 5) is 2.13. The lowest BCUT2D eigenvalue weighted by Crippen LogP contribution is -2.43. The first-order valence-electron chi connectivity index (χ1n) is 12.0. The number of pyridine rings is 1. The molecule has 0 aliphatic heterocycles. The third kappa shape index (κ3) is 4.37. The molecule has 4 heteroatoms. The molecule has 2 aromatic heterocycles. The second-order valence-corrected chi connectivity index (χ2v) is 10.0. The maximum atomic E-state index is 2.41. The highest BCUT2D eigenvalue weighted by molar-refractivity contribution is 5.51. The maximum absolute atomic E-state index is 2.41. The van der Waals surface area contributed by atoms with E-state index in [1.165, 1.54) is 61.8 Å². The zero-order valence-electron chi connectivity index (χ0n) is 22.2. The Bertz CT molecular complexity index is 1310. The standard InChI is InChI=1S/C30H38N4/c1-20-14-22(3)29(23(4)15-20)33-19-34(30-24(5)16-21(2)17-25(30)6)28(26(33)7)18-32-12-10-27(11-13-32)31(8)9/h10-17,19H,18H2,1-9H3/q+2. The molecule has 4 rings (SSSR count). The number of imidazole rings is 1. The van der Waals surface area contributed by atoms with E-state index >= 15 is 0 Å². The fourth-order valence-electron chi connectivity index (χ4n) is 5.32. The van der Waals surface area contributed by atoms with Gasteiger partial charge < -0.3 is 4.90 Å². The topological polar surface area (TPSA) is 15.9 Å². The Morgan fingerprint density at radius 1 is 0.735 bits per heavy atom. The minimum Gasteiger partial charge on any atom is -0.377 e. The maximum Gasteiger partial charge on any atom is 0.254 e. The van der Waals surface area contributed by atoms with E-state index in [0.29, 0.717) is 0 Å². The Labute approximate surface area is 204 Å². The molecule has 0 amide bonds. The summed E-state index contributed by atoms with van der Waals surface area (Å²) < 4.78 is 7.06. The monoisotopic (exact) mass is 454 g/mol. The molecule has 0 saturated carbocycles. The van der Waals surface area contributed by atoms with Crippen LogP contribution >= 0.6 is 0 Å². The van der Waals surface area contributed by atoms with Crippen LogP contribution in [0.15, 0.2) is 55.1 Å². The summed E-state index contributed by atoms with van der Waals surface area (Å²) in [7, 11) is 4.15. The molecule has 34 heavy (non-hydrogen) atoms. The summed E-state index contributed by atoms with van der Waals surface area (Å²) >= 11 is 0. The van der Waals surface area contributed by atoms with E-state index in [1.807, 2.05) is 0 Å². The van der Waals surface area contributed by atoms with Crippen LogP contribution in [-0.4, -0.2) is 18.7 Å². The van der Waals surface area contributed by atoms with E-state index in [9.17, 15) is 0 Å². The Morgan fingerprint density at radius 2 is 1.24 bits per heavy atom. The Hall–Kier alpha value is -3.40. The minimum atomic E-state index is 0.795. The van der Waals surface area contributed by atoms with Crippen molar-refractivity contribution in [2.24, 2.45) is 0 Å². The molecule has 0 fully saturated rings. The van der Waals surface area contributed by atoms with Crippen LogP contribution in [0.25, 0.3) is 11.4 Å². The number of benzene rings is 2. The molecule has 0 unspecified atom stereocenters. The van der Waals surface area contributed by atoms with Crippen LogP contribution in [0.4, 0.5) is 5.69 Å². The molecule has 0 bridgehead atoms. The Balaban J connectivity index is 1.94. The van der Waals surface area contributed by atoms with E-state index in [-0.39, 0.29) is 0 Å². The van der Waals surface area contributed by atoms with Crippen LogP contribution in [0.2, 0.25) is 0 Å². The SMILES string of the molecule is Cc1cc(C)c(-n2c[n+](-c3c(C)cc(C)cc3C)c(C[n+]3ccc(N(C)C)cc3)c2C)c(C)c1. The second kappa shape index (κ2) is 9.09. The minimum absolute atomic E-state index is 0.795. The van der Waals surface area contributed by atoms with Crippen molar-refractivity contribution in [2.45, 2.75) is 55.0 Å². The van der Waals surface area contributed by atoms with Crippen molar-refractivity contribution in [1.82, 2.24) is 4.57 Å². The van der Waals surface area contributed by atoms with Crippen LogP contribution in [0.1, 0.15) is 44.8 Å². The third-order valence-electron chi connectivity index (χ3n) is 6.78. The van der Waals surface area contributed by atoms with E-state index < -0.39 is 0 Å². The molecule has 176 valence electrons. The number of nitrogens with zero attached hydrogens (tertiary/aromatic N) is 4. The first-order chi connectivity index (χ1) is 16.1. The summed E-state index contributed by atoms with van der Waals surface area (Å²) in [5.41, 5.74) is 14.1. The number of rotatable bonds is 5. The number of hydrogen-bond acceptors (Lipinski definition) is 1. The molecule has 0 aliphatic rings. The fraction of sp³-hybridized carbons (Fsp3) is 0.333. The highest BCUT2D eigenvalue weighted by Crippen LogP contribution is 2.25. The zero-order chi connectivity index (χ0) is 24.7. The Kier molecular flexibility index (Phi) is 6.35. The predicted octanol–water partition coefficient (Wildman–Crippen LogP) is 5.31. The van der Waals surface area contributed by atoms with Gasteiger partial charge in [-0.25, -0.2) is 0 Å². The molecule has 2 heterocycles. The number of aryl methyl sites for hydroxylation is 6. The quantitative estimate of drug-likeness (QED) is 0.373. The van der Waals surface area contributed by atoms with Crippen molar-refractivity contribution in [3.05, 3.63) is 99.9 Å². The first kappa shape index (κ1) is 23.7. The van der Waals surface area contributed by atoms with Crippen LogP contribution in [-0.2, 0) is 6.54 Å². The summed E-state index contributed by atoms with van der Waals surface area (Å²) in [6.07, 6.45) is 6.64. The lowest BCUT2D eigenvalue weighted by atomic mass is 10.0. The molecular formula is C30H38N4+2. The average Bonchev–Trinajstić information content (AvgIpc) is 3.03. The van der Waals surface area contributed by atoms with Crippen molar-refractivity contribution in [2.75, 3.05) is 19.0 Å². The van der Waals surface area contributed by atoms with Gasteiger partial charge in [-0.05, 0) is 63.8 Å². The summed E-state index contributed by atoms with van der Waals surface area (Å²) in [6, 6.07) is 13.5. The van der Waals surface area contributed by atoms with Gasteiger partial charge in [0.25, 0.3) is 6.33 Å². The molecule has 4 nitrogen and oxygen atoms in total. The third-order valence-corrected chi connectivity index (χ3v) is 6.78. The van der Waals surface area contributed by atoms with E-state index in [0.717, 1.165) is 6.54 Å². The van der Waals surface area contributed by atoms with E-state index in [4.69, 9.17) is 0 Å². The second-order valence-electron chi connectivity index (χ2n) is 10.0. The summed E-state index contributed by atoms with van der Waals surface area (Å²) in [5.74, 6) is 0. The Morgan fingerprint density at radius 3 is 1.74 bits per heavy atom. The molecule has 0 radical (unpaired) electrons. The normalized spacial score (nSPS) is 11.2. The van der Waals surface area contributed by atoms with Crippen LogP contribution in [0, 0.1) is 48.5 Å². The fourth-order valence-corrected chi connectivity index (χ4v) is 5.32. The first-order valence-corrected chi connectivity index (χ1v) is 12.0. The van der Waals surface area contributed by atoms with Gasteiger partial charge in [0.05, 0.1) is 0 Å². The van der Waals surface area contributed by atoms with Gasteiger partial charge in [-0.2, -0.15) is 13.7 Å². The van der Waals surface area contributed by atoms with Crippen molar-refractivity contribution in [3.8, 4) is 11.4 Å². The van der Waals surface area contributed by atoms with Crippen molar-refractivity contribution < 1.29 is 9.13 Å². The molecule has 0 spiro atoms. The molecule has 0 atom stereocenters. The van der Waals surface area contributed by atoms with E-state index in [2.05, 4.69) is 136 Å². The molecular weight excluding hydrogens is 416 g/mol. The molecule has 0 N–H and O–H groups in total. The van der Waals surface area contributed by atoms with Gasteiger partial charge >= 0.3 is 0 Å². The zero-order valence-corrected chi connectivity index (χ0v) is 22.2. The number of hydrogen-bond donors (Lipinski definition) is 0. The summed E-state index contributed by atoms with van der Waals surface area (Å²) in [5, 5.41) is 0. The van der Waals surface area contributed by atoms with Gasteiger partial charge in [-0.3, -0.25) is 0 Å². The van der Waals surface area contributed by atoms with Gasteiger partial charge in [-0.15, -0.1) is 0 Å². The van der Waals surface area contributed by atoms with Crippen LogP contribution in [0.3, 0.4) is 0 Å². The summed E-state index contributed by atoms with van der Waals surface area (Å²) in [6.45, 7) is 16.3. The van der Waals surface area contributed by atoms with Crippen molar-refractivity contribution in [3.63, 3.8) is 0 Å². The number of aromatic nitrogens is 3. The lowest BCUT2D eigenvalue weighted by Gasteiger charge is -2.11. The molecule has 4 aromatic rings. The van der Waals surface area contributed by atoms with Gasteiger partial charge in [0.2, 0.25) is 12.2 Å². The lowest BCUT2D eigenvalue weighted by molar-refractivity contribution is -0.715. The highest BCUT2D eigenvalue weighted by atomic mass is 15.2. The van der Waals surface area contributed by atoms with Gasteiger partial charge in [0, 0.05) is 38.8 Å². The molecule has 0 saturated heterocycles. The number of anilines is 1. The largest absolute Gasteiger partial charge is 0.377 e. The smallest absolute Gasteiger partial charge is 0.254 e. The van der Waals surface area contributed by atoms with Crippen molar-refractivity contribution in [1.29, 1.82) is 0 Å². The van der Waals surface area contributed by atoms with Crippen LogP contribution in [0.5, 0.6) is 0 Å². The average molecular weight is 455 g/mol. The molecule has 0 aliphatic carbocycles. The van der Waals surface area contributed by atoms with E-state index in [1.54, 1.807) is 0 Å².